The van der Waals surface area contributed by atoms with Crippen molar-refractivity contribution < 1.29 is 4.74 Å². The highest BCUT2D eigenvalue weighted by Gasteiger charge is 2.29. The summed E-state index contributed by atoms with van der Waals surface area (Å²) in [6, 6.07) is 54.6. The van der Waals surface area contributed by atoms with Gasteiger partial charge in [0, 0.05) is 46.7 Å². The molecule has 0 fully saturated rings. The molecule has 0 spiro atoms. The van der Waals surface area contributed by atoms with Crippen molar-refractivity contribution in [2.24, 2.45) is 0 Å². The minimum absolute atomic E-state index is 0.00992. The number of fused-ring (bicyclic) bond motifs is 3. The van der Waals surface area contributed by atoms with Crippen molar-refractivity contribution in [1.29, 1.82) is 0 Å². The van der Waals surface area contributed by atoms with Gasteiger partial charge >= 0.3 is 0 Å². The van der Waals surface area contributed by atoms with Crippen LogP contribution in [-0.2, 0) is 16.2 Å². The Morgan fingerprint density at radius 1 is 0.475 bits per heavy atom. The molecule has 1 aliphatic heterocycles. The van der Waals surface area contributed by atoms with Crippen LogP contribution in [0.15, 0.2) is 164 Å². The molecule has 0 radical (unpaired) electrons. The van der Waals surface area contributed by atoms with Gasteiger partial charge in [-0.15, -0.1) is 0 Å². The standard InChI is InChI=1S/C56H56N4O/c1-54(2,3)41-26-27-57-53(33-41)60-50-23-17-16-22-48(50)49-25-24-46(35-51(49)60)61-47-32-43(56(7,8)9)31-45(34-47)59-37-58(36-52(59)39-20-14-11-15-21-39)44-29-40(38-18-12-10-13-19-38)28-42(30-44)55(4,5)6/h10-36H,37H2,1-9H3. The Balaban J connectivity index is 1.14. The van der Waals surface area contributed by atoms with Crippen LogP contribution in [0.2, 0.25) is 0 Å². The molecular formula is C56H56N4O. The topological polar surface area (TPSA) is 33.5 Å². The molecule has 0 atom stereocenters. The van der Waals surface area contributed by atoms with Gasteiger partial charge in [-0.25, -0.2) is 4.98 Å². The smallest absolute Gasteiger partial charge is 0.137 e. The molecule has 5 heteroatoms. The van der Waals surface area contributed by atoms with Crippen LogP contribution >= 0.6 is 0 Å². The van der Waals surface area contributed by atoms with E-state index in [1.165, 1.54) is 33.2 Å². The molecule has 3 heterocycles. The van der Waals surface area contributed by atoms with Gasteiger partial charge in [-0.1, -0.05) is 147 Å². The van der Waals surface area contributed by atoms with Gasteiger partial charge in [0.1, 0.15) is 17.3 Å². The van der Waals surface area contributed by atoms with E-state index in [4.69, 9.17) is 9.72 Å². The summed E-state index contributed by atoms with van der Waals surface area (Å²) in [6.07, 6.45) is 4.24. The van der Waals surface area contributed by atoms with Gasteiger partial charge in [0.25, 0.3) is 0 Å². The maximum atomic E-state index is 6.96. The zero-order valence-corrected chi connectivity index (χ0v) is 37.0. The fraction of sp³-hybridized carbons (Fsp3) is 0.232. The lowest BCUT2D eigenvalue weighted by Crippen LogP contribution is -2.27. The largest absolute Gasteiger partial charge is 0.457 e. The van der Waals surface area contributed by atoms with Gasteiger partial charge in [0.05, 0.1) is 23.4 Å². The number of nitrogens with zero attached hydrogens (tertiary/aromatic N) is 4. The average molecular weight is 801 g/mol. The first-order chi connectivity index (χ1) is 29.1. The molecule has 1 aliphatic rings. The summed E-state index contributed by atoms with van der Waals surface area (Å²) in [4.78, 5) is 9.73. The SMILES string of the molecule is CC(C)(C)c1cc(-c2ccccc2)cc(N2C=C(c3ccccc3)N(c3cc(Oc4ccc5c6ccccc6n(-c6cc(C(C)(C)C)ccn6)c5c4)cc(C(C)(C)C)c3)C2)c1. The first-order valence-corrected chi connectivity index (χ1v) is 21.5. The normalized spacial score (nSPS) is 13.6. The predicted molar refractivity (Wildman–Crippen MR) is 257 cm³/mol. The molecule has 0 aliphatic carbocycles. The Bertz CT molecular complexity index is 2920. The van der Waals surface area contributed by atoms with E-state index in [2.05, 4.69) is 235 Å². The van der Waals surface area contributed by atoms with Gasteiger partial charge in [-0.2, -0.15) is 0 Å². The van der Waals surface area contributed by atoms with Gasteiger partial charge in [0.2, 0.25) is 0 Å². The minimum atomic E-state index is -0.129. The number of hydrogen-bond acceptors (Lipinski definition) is 4. The first kappa shape index (κ1) is 39.8. The van der Waals surface area contributed by atoms with Crippen molar-refractivity contribution in [3.05, 3.63) is 186 Å². The molecule has 0 N–H and O–H groups in total. The lowest BCUT2D eigenvalue weighted by Gasteiger charge is -2.29. The first-order valence-electron chi connectivity index (χ1n) is 21.5. The molecule has 0 bridgehead atoms. The predicted octanol–water partition coefficient (Wildman–Crippen LogP) is 14.8. The van der Waals surface area contributed by atoms with Gasteiger partial charge in [0.15, 0.2) is 0 Å². The molecule has 6 aromatic carbocycles. The molecule has 9 rings (SSSR count). The second-order valence-electron chi connectivity index (χ2n) is 19.6. The number of ether oxygens (including phenoxy) is 1. The summed E-state index contributed by atoms with van der Waals surface area (Å²) in [7, 11) is 0. The van der Waals surface area contributed by atoms with Crippen molar-refractivity contribution in [2.75, 3.05) is 16.5 Å². The number of pyridine rings is 1. The third kappa shape index (κ3) is 7.93. The van der Waals surface area contributed by atoms with Crippen LogP contribution in [0.3, 0.4) is 0 Å². The summed E-state index contributed by atoms with van der Waals surface area (Å²) in [5.74, 6) is 2.47. The molecule has 0 amide bonds. The Labute approximate surface area is 361 Å². The Morgan fingerprint density at radius 2 is 1.10 bits per heavy atom. The minimum Gasteiger partial charge on any atom is -0.457 e. The Kier molecular flexibility index (Phi) is 9.90. The third-order valence-corrected chi connectivity index (χ3v) is 11.9. The molecule has 306 valence electrons. The van der Waals surface area contributed by atoms with Crippen molar-refractivity contribution in [3.63, 3.8) is 0 Å². The quantitative estimate of drug-likeness (QED) is 0.161. The van der Waals surface area contributed by atoms with E-state index in [1.807, 2.05) is 6.20 Å². The second-order valence-corrected chi connectivity index (χ2v) is 19.6. The zero-order chi connectivity index (χ0) is 42.7. The van der Waals surface area contributed by atoms with Crippen LogP contribution in [0.1, 0.15) is 84.6 Å². The average Bonchev–Trinajstić information content (AvgIpc) is 3.84. The lowest BCUT2D eigenvalue weighted by atomic mass is 9.85. The summed E-state index contributed by atoms with van der Waals surface area (Å²) in [5.41, 5.74) is 12.7. The molecule has 8 aromatic rings. The van der Waals surface area contributed by atoms with E-state index < -0.39 is 0 Å². The highest BCUT2D eigenvalue weighted by Crippen LogP contribution is 2.42. The fourth-order valence-corrected chi connectivity index (χ4v) is 8.35. The number of benzene rings is 6. The summed E-state index contributed by atoms with van der Waals surface area (Å²) in [6.45, 7) is 21.1. The van der Waals surface area contributed by atoms with E-state index in [1.54, 1.807) is 0 Å². The van der Waals surface area contributed by atoms with Gasteiger partial charge < -0.3 is 14.5 Å². The van der Waals surface area contributed by atoms with Crippen LogP contribution in [0.25, 0.3) is 44.4 Å². The van der Waals surface area contributed by atoms with Crippen LogP contribution in [0, 0.1) is 0 Å². The van der Waals surface area contributed by atoms with Crippen LogP contribution < -0.4 is 14.5 Å². The van der Waals surface area contributed by atoms with Crippen molar-refractivity contribution >= 4 is 38.9 Å². The maximum absolute atomic E-state index is 6.96. The second kappa shape index (κ2) is 15.1. The molecule has 5 nitrogen and oxygen atoms in total. The highest BCUT2D eigenvalue weighted by molar-refractivity contribution is 6.09. The lowest BCUT2D eigenvalue weighted by molar-refractivity contribution is 0.479. The highest BCUT2D eigenvalue weighted by atomic mass is 16.5. The number of anilines is 2. The zero-order valence-electron chi connectivity index (χ0n) is 37.0. The van der Waals surface area contributed by atoms with E-state index >= 15 is 0 Å². The van der Waals surface area contributed by atoms with Crippen molar-refractivity contribution in [2.45, 2.75) is 78.6 Å². The van der Waals surface area contributed by atoms with Crippen LogP contribution in [-0.4, -0.2) is 16.2 Å². The van der Waals surface area contributed by atoms with Crippen LogP contribution in [0.5, 0.6) is 11.5 Å². The number of rotatable bonds is 7. The van der Waals surface area contributed by atoms with E-state index in [0.717, 1.165) is 56.4 Å². The number of hydrogen-bond donors (Lipinski definition) is 0. The van der Waals surface area contributed by atoms with Crippen molar-refractivity contribution in [3.8, 4) is 28.4 Å². The number of aromatic nitrogens is 2. The van der Waals surface area contributed by atoms with Crippen molar-refractivity contribution in [1.82, 2.24) is 9.55 Å². The molecule has 2 aromatic heterocycles. The summed E-state index contributed by atoms with van der Waals surface area (Å²) in [5, 5.41) is 2.35. The molecule has 0 saturated carbocycles. The van der Waals surface area contributed by atoms with E-state index in [-0.39, 0.29) is 16.2 Å². The number of para-hydroxylation sites is 1. The van der Waals surface area contributed by atoms with E-state index in [9.17, 15) is 0 Å². The Hall–Kier alpha value is -6.59. The van der Waals surface area contributed by atoms with Crippen LogP contribution in [0.4, 0.5) is 11.4 Å². The Morgan fingerprint density at radius 3 is 1.80 bits per heavy atom. The van der Waals surface area contributed by atoms with Gasteiger partial charge in [-0.3, -0.25) is 4.57 Å². The molecule has 61 heavy (non-hydrogen) atoms. The summed E-state index contributed by atoms with van der Waals surface area (Å²) >= 11 is 0. The summed E-state index contributed by atoms with van der Waals surface area (Å²) < 4.78 is 9.24. The molecular weight excluding hydrogens is 745 g/mol. The monoisotopic (exact) mass is 800 g/mol. The maximum Gasteiger partial charge on any atom is 0.137 e. The third-order valence-electron chi connectivity index (χ3n) is 11.9. The molecule has 0 saturated heterocycles. The van der Waals surface area contributed by atoms with E-state index in [0.29, 0.717) is 6.67 Å². The molecule has 0 unspecified atom stereocenters. The fourth-order valence-electron chi connectivity index (χ4n) is 8.35. The van der Waals surface area contributed by atoms with Gasteiger partial charge in [-0.05, 0) is 104 Å².